The van der Waals surface area contributed by atoms with Crippen LogP contribution in [0.5, 0.6) is 0 Å². The molecule has 5 heteroatoms. The fourth-order valence-electron chi connectivity index (χ4n) is 1.47. The SMILES string of the molecule is CSc1ccc(-c2noc(CCCN)n2)cc1. The third-order valence-electron chi connectivity index (χ3n) is 2.41. The topological polar surface area (TPSA) is 64.9 Å². The maximum atomic E-state index is 5.43. The summed E-state index contributed by atoms with van der Waals surface area (Å²) in [4.78, 5) is 5.56. The third-order valence-corrected chi connectivity index (χ3v) is 3.15. The Bertz CT molecular complexity index is 467. The Morgan fingerprint density at radius 1 is 1.29 bits per heavy atom. The fraction of sp³-hybridized carbons (Fsp3) is 0.333. The van der Waals surface area contributed by atoms with E-state index in [9.17, 15) is 0 Å². The van der Waals surface area contributed by atoms with Crippen molar-refractivity contribution in [3.63, 3.8) is 0 Å². The van der Waals surface area contributed by atoms with E-state index in [4.69, 9.17) is 10.3 Å². The van der Waals surface area contributed by atoms with Crippen LogP contribution in [0.4, 0.5) is 0 Å². The van der Waals surface area contributed by atoms with Crippen LogP contribution in [-0.4, -0.2) is 22.9 Å². The van der Waals surface area contributed by atoms with Crippen LogP contribution in [0.25, 0.3) is 11.4 Å². The second-order valence-electron chi connectivity index (χ2n) is 3.63. The van der Waals surface area contributed by atoms with Gasteiger partial charge in [-0.1, -0.05) is 5.16 Å². The summed E-state index contributed by atoms with van der Waals surface area (Å²) in [7, 11) is 0. The summed E-state index contributed by atoms with van der Waals surface area (Å²) in [6, 6.07) is 8.11. The Balaban J connectivity index is 2.12. The molecule has 0 spiro atoms. The van der Waals surface area contributed by atoms with Gasteiger partial charge in [0.1, 0.15) is 0 Å². The van der Waals surface area contributed by atoms with Crippen molar-refractivity contribution in [1.82, 2.24) is 10.1 Å². The lowest BCUT2D eigenvalue weighted by Gasteiger charge is -1.96. The van der Waals surface area contributed by atoms with Crippen LogP contribution in [0.15, 0.2) is 33.7 Å². The second-order valence-corrected chi connectivity index (χ2v) is 4.51. The minimum Gasteiger partial charge on any atom is -0.339 e. The Kier molecular flexibility index (Phi) is 4.17. The molecule has 0 aliphatic carbocycles. The van der Waals surface area contributed by atoms with E-state index in [-0.39, 0.29) is 0 Å². The molecule has 0 fully saturated rings. The first-order valence-electron chi connectivity index (χ1n) is 5.50. The summed E-state index contributed by atoms with van der Waals surface area (Å²) < 4.78 is 5.16. The summed E-state index contributed by atoms with van der Waals surface area (Å²) in [5.74, 6) is 1.30. The fourth-order valence-corrected chi connectivity index (χ4v) is 1.88. The van der Waals surface area contributed by atoms with E-state index < -0.39 is 0 Å². The van der Waals surface area contributed by atoms with Crippen LogP contribution in [0.2, 0.25) is 0 Å². The molecule has 0 atom stereocenters. The molecule has 2 rings (SSSR count). The van der Waals surface area contributed by atoms with Gasteiger partial charge in [0.05, 0.1) is 0 Å². The third kappa shape index (κ3) is 3.08. The standard InChI is InChI=1S/C12H15N3OS/c1-17-10-6-4-9(5-7-10)12-14-11(16-15-12)3-2-8-13/h4-7H,2-3,8,13H2,1H3. The molecule has 17 heavy (non-hydrogen) atoms. The molecule has 1 heterocycles. The summed E-state index contributed by atoms with van der Waals surface area (Å²) >= 11 is 1.71. The van der Waals surface area contributed by atoms with E-state index in [0.29, 0.717) is 18.3 Å². The molecule has 0 saturated carbocycles. The number of hydrogen-bond acceptors (Lipinski definition) is 5. The molecule has 1 aromatic heterocycles. The van der Waals surface area contributed by atoms with Crippen molar-refractivity contribution in [2.75, 3.05) is 12.8 Å². The quantitative estimate of drug-likeness (QED) is 0.824. The van der Waals surface area contributed by atoms with E-state index in [2.05, 4.69) is 22.3 Å². The van der Waals surface area contributed by atoms with Crippen LogP contribution in [0.1, 0.15) is 12.3 Å². The highest BCUT2D eigenvalue weighted by atomic mass is 32.2. The van der Waals surface area contributed by atoms with Crippen molar-refractivity contribution in [2.45, 2.75) is 17.7 Å². The smallest absolute Gasteiger partial charge is 0.227 e. The van der Waals surface area contributed by atoms with Gasteiger partial charge < -0.3 is 10.3 Å². The molecule has 0 bridgehead atoms. The Hall–Kier alpha value is -1.33. The number of thioether (sulfide) groups is 1. The lowest BCUT2D eigenvalue weighted by Crippen LogP contribution is -2.00. The lowest BCUT2D eigenvalue weighted by molar-refractivity contribution is 0.376. The first-order valence-corrected chi connectivity index (χ1v) is 6.73. The minimum atomic E-state index is 0.639. The van der Waals surface area contributed by atoms with Gasteiger partial charge in [0.25, 0.3) is 0 Å². The lowest BCUT2D eigenvalue weighted by atomic mass is 10.2. The Morgan fingerprint density at radius 3 is 2.71 bits per heavy atom. The van der Waals surface area contributed by atoms with Crippen LogP contribution < -0.4 is 5.73 Å². The zero-order valence-electron chi connectivity index (χ0n) is 9.72. The van der Waals surface area contributed by atoms with Gasteiger partial charge in [-0.3, -0.25) is 0 Å². The Morgan fingerprint density at radius 2 is 2.06 bits per heavy atom. The first-order chi connectivity index (χ1) is 8.33. The highest BCUT2D eigenvalue weighted by Gasteiger charge is 2.07. The Labute approximate surface area is 105 Å². The zero-order valence-corrected chi connectivity index (χ0v) is 10.5. The van der Waals surface area contributed by atoms with Crippen molar-refractivity contribution in [3.05, 3.63) is 30.2 Å². The molecule has 1 aromatic carbocycles. The van der Waals surface area contributed by atoms with Gasteiger partial charge in [0, 0.05) is 16.9 Å². The van der Waals surface area contributed by atoms with Crippen LogP contribution in [-0.2, 0) is 6.42 Å². The number of nitrogens with zero attached hydrogens (tertiary/aromatic N) is 2. The van der Waals surface area contributed by atoms with Crippen molar-refractivity contribution in [3.8, 4) is 11.4 Å². The normalized spacial score (nSPS) is 10.7. The van der Waals surface area contributed by atoms with Crippen molar-refractivity contribution in [2.24, 2.45) is 5.73 Å². The van der Waals surface area contributed by atoms with Gasteiger partial charge in [0.15, 0.2) is 0 Å². The molecular formula is C12H15N3OS. The number of rotatable bonds is 5. The summed E-state index contributed by atoms with van der Waals surface area (Å²) in [5, 5.41) is 3.96. The van der Waals surface area contributed by atoms with Crippen LogP contribution >= 0.6 is 11.8 Å². The maximum Gasteiger partial charge on any atom is 0.227 e. The largest absolute Gasteiger partial charge is 0.339 e. The molecular weight excluding hydrogens is 234 g/mol. The predicted molar refractivity (Wildman–Crippen MR) is 68.9 cm³/mol. The van der Waals surface area contributed by atoms with Gasteiger partial charge in [-0.05, 0) is 43.5 Å². The molecule has 0 unspecified atom stereocenters. The first kappa shape index (κ1) is 12.1. The second kappa shape index (κ2) is 5.84. The average molecular weight is 249 g/mol. The number of aryl methyl sites for hydroxylation is 1. The zero-order chi connectivity index (χ0) is 12.1. The van der Waals surface area contributed by atoms with Crippen molar-refractivity contribution in [1.29, 1.82) is 0 Å². The van der Waals surface area contributed by atoms with Crippen LogP contribution in [0, 0.1) is 0 Å². The molecule has 0 saturated heterocycles. The molecule has 2 N–H and O–H groups in total. The molecule has 4 nitrogen and oxygen atoms in total. The van der Waals surface area contributed by atoms with Gasteiger partial charge in [-0.2, -0.15) is 4.98 Å². The maximum absolute atomic E-state index is 5.43. The van der Waals surface area contributed by atoms with Crippen molar-refractivity contribution >= 4 is 11.8 Å². The highest BCUT2D eigenvalue weighted by molar-refractivity contribution is 7.98. The van der Waals surface area contributed by atoms with E-state index in [1.807, 2.05) is 18.4 Å². The van der Waals surface area contributed by atoms with Crippen LogP contribution in [0.3, 0.4) is 0 Å². The highest BCUT2D eigenvalue weighted by Crippen LogP contribution is 2.20. The number of nitrogens with two attached hydrogens (primary N) is 1. The average Bonchev–Trinajstić information content (AvgIpc) is 2.85. The number of benzene rings is 1. The van der Waals surface area contributed by atoms with Gasteiger partial charge >= 0.3 is 0 Å². The molecule has 0 aliphatic heterocycles. The van der Waals surface area contributed by atoms with E-state index in [1.165, 1.54) is 4.90 Å². The van der Waals surface area contributed by atoms with Gasteiger partial charge in [0.2, 0.25) is 11.7 Å². The van der Waals surface area contributed by atoms with Gasteiger partial charge in [-0.15, -0.1) is 11.8 Å². The van der Waals surface area contributed by atoms with E-state index >= 15 is 0 Å². The monoisotopic (exact) mass is 249 g/mol. The molecule has 90 valence electrons. The molecule has 2 aromatic rings. The van der Waals surface area contributed by atoms with E-state index in [1.54, 1.807) is 11.8 Å². The molecule has 0 amide bonds. The summed E-state index contributed by atoms with van der Waals surface area (Å²) in [5.41, 5.74) is 6.41. The van der Waals surface area contributed by atoms with Gasteiger partial charge in [-0.25, -0.2) is 0 Å². The molecule has 0 aliphatic rings. The minimum absolute atomic E-state index is 0.639. The predicted octanol–water partition coefficient (Wildman–Crippen LogP) is 2.35. The number of hydrogen-bond donors (Lipinski definition) is 1. The van der Waals surface area contributed by atoms with Crippen molar-refractivity contribution < 1.29 is 4.52 Å². The summed E-state index contributed by atoms with van der Waals surface area (Å²) in [6.07, 6.45) is 3.66. The number of aromatic nitrogens is 2. The summed E-state index contributed by atoms with van der Waals surface area (Å²) in [6.45, 7) is 0.639. The molecule has 0 radical (unpaired) electrons. The van der Waals surface area contributed by atoms with E-state index in [0.717, 1.165) is 18.4 Å².